The second kappa shape index (κ2) is 5.96. The molecule has 2 N–H and O–H groups in total. The molecule has 1 aromatic heterocycles. The zero-order valence-electron chi connectivity index (χ0n) is 12.3. The van der Waals surface area contributed by atoms with E-state index in [2.05, 4.69) is 34.3 Å². The maximum atomic E-state index is 6.08. The lowest BCUT2D eigenvalue weighted by Crippen LogP contribution is -2.53. The first-order valence-electron chi connectivity index (χ1n) is 7.24. The molecule has 1 fully saturated rings. The van der Waals surface area contributed by atoms with Crippen molar-refractivity contribution in [3.8, 4) is 0 Å². The molecule has 0 amide bonds. The Morgan fingerprint density at radius 2 is 2.11 bits per heavy atom. The minimum absolute atomic E-state index is 0.116. The van der Waals surface area contributed by atoms with E-state index in [1.165, 1.54) is 36.9 Å². The lowest BCUT2D eigenvalue weighted by molar-refractivity contribution is 0.0558. The van der Waals surface area contributed by atoms with Gasteiger partial charge in [0, 0.05) is 12.1 Å². The van der Waals surface area contributed by atoms with Crippen LogP contribution in [0, 0.1) is 5.92 Å². The van der Waals surface area contributed by atoms with Crippen molar-refractivity contribution in [1.29, 1.82) is 0 Å². The molecule has 0 aliphatic heterocycles. The quantitative estimate of drug-likeness (QED) is 0.858. The highest BCUT2D eigenvalue weighted by Gasteiger charge is 2.37. The minimum Gasteiger partial charge on any atom is -0.329 e. The SMILES string of the molecule is CCC1CCC(CN)(N(C)Cc2nnn(C)n2)CC1. The molecule has 0 unspecified atom stereocenters. The Kier molecular flexibility index (Phi) is 4.52. The molecule has 6 nitrogen and oxygen atoms in total. The van der Waals surface area contributed by atoms with Gasteiger partial charge in [-0.3, -0.25) is 4.90 Å². The molecular weight excluding hydrogens is 240 g/mol. The third kappa shape index (κ3) is 3.12. The second-order valence-corrected chi connectivity index (χ2v) is 5.83. The first-order chi connectivity index (χ1) is 9.09. The molecule has 0 radical (unpaired) electrons. The van der Waals surface area contributed by atoms with Crippen LogP contribution < -0.4 is 5.73 Å². The van der Waals surface area contributed by atoms with E-state index in [1.54, 1.807) is 7.05 Å². The van der Waals surface area contributed by atoms with Crippen LogP contribution in [-0.4, -0.2) is 44.2 Å². The van der Waals surface area contributed by atoms with Crippen LogP contribution in [0.25, 0.3) is 0 Å². The van der Waals surface area contributed by atoms with Gasteiger partial charge >= 0.3 is 0 Å². The summed E-state index contributed by atoms with van der Waals surface area (Å²) in [6, 6.07) is 0. The highest BCUT2D eigenvalue weighted by Crippen LogP contribution is 2.36. The van der Waals surface area contributed by atoms with Gasteiger partial charge in [-0.25, -0.2) is 0 Å². The number of hydrogen-bond donors (Lipinski definition) is 1. The predicted molar refractivity (Wildman–Crippen MR) is 74.3 cm³/mol. The van der Waals surface area contributed by atoms with Crippen LogP contribution in [0.1, 0.15) is 44.9 Å². The summed E-state index contributed by atoms with van der Waals surface area (Å²) >= 11 is 0. The van der Waals surface area contributed by atoms with E-state index in [1.807, 2.05) is 0 Å². The molecular formula is C13H26N6. The normalized spacial score (nSPS) is 27.9. The molecule has 1 heterocycles. The number of nitrogens with zero attached hydrogens (tertiary/aromatic N) is 5. The van der Waals surface area contributed by atoms with Gasteiger partial charge in [0.1, 0.15) is 0 Å². The zero-order valence-corrected chi connectivity index (χ0v) is 12.3. The number of aryl methyl sites for hydroxylation is 1. The molecule has 0 atom stereocenters. The molecule has 1 aliphatic carbocycles. The summed E-state index contributed by atoms with van der Waals surface area (Å²) in [5, 5.41) is 12.2. The molecule has 19 heavy (non-hydrogen) atoms. The highest BCUT2D eigenvalue weighted by atomic mass is 15.6. The van der Waals surface area contributed by atoms with Gasteiger partial charge in [0.05, 0.1) is 13.6 Å². The topological polar surface area (TPSA) is 72.9 Å². The number of rotatable bonds is 5. The fourth-order valence-electron chi connectivity index (χ4n) is 3.13. The van der Waals surface area contributed by atoms with Gasteiger partial charge in [-0.15, -0.1) is 10.2 Å². The number of nitrogens with two attached hydrogens (primary N) is 1. The molecule has 1 aliphatic rings. The fraction of sp³-hybridized carbons (Fsp3) is 0.923. The standard InChI is InChI=1S/C13H26N6/c1-4-11-5-7-13(10-14,8-6-11)18(2)9-12-15-17-19(3)16-12/h11H,4-10,14H2,1-3H3. The van der Waals surface area contributed by atoms with Crippen LogP contribution in [-0.2, 0) is 13.6 Å². The molecule has 6 heteroatoms. The van der Waals surface area contributed by atoms with Crippen molar-refractivity contribution in [3.05, 3.63) is 5.82 Å². The molecule has 0 saturated heterocycles. The monoisotopic (exact) mass is 266 g/mol. The molecule has 0 bridgehead atoms. The van der Waals surface area contributed by atoms with Crippen LogP contribution >= 0.6 is 0 Å². The Morgan fingerprint density at radius 3 is 2.58 bits per heavy atom. The van der Waals surface area contributed by atoms with Crippen LogP contribution in [0.5, 0.6) is 0 Å². The second-order valence-electron chi connectivity index (χ2n) is 5.83. The average molecular weight is 266 g/mol. The third-order valence-electron chi connectivity index (χ3n) is 4.73. The molecule has 108 valence electrons. The lowest BCUT2D eigenvalue weighted by atomic mass is 9.74. The number of aromatic nitrogens is 4. The van der Waals surface area contributed by atoms with E-state index in [9.17, 15) is 0 Å². The Hall–Kier alpha value is -1.01. The fourth-order valence-corrected chi connectivity index (χ4v) is 3.13. The average Bonchev–Trinajstić information content (AvgIpc) is 2.84. The highest BCUT2D eigenvalue weighted by molar-refractivity contribution is 4.96. The molecule has 0 spiro atoms. The van der Waals surface area contributed by atoms with Crippen molar-refractivity contribution in [1.82, 2.24) is 25.1 Å². The first kappa shape index (κ1) is 14.4. The first-order valence-corrected chi connectivity index (χ1v) is 7.24. The summed E-state index contributed by atoms with van der Waals surface area (Å²) in [4.78, 5) is 3.84. The van der Waals surface area contributed by atoms with Crippen molar-refractivity contribution in [3.63, 3.8) is 0 Å². The molecule has 1 aromatic rings. The maximum absolute atomic E-state index is 6.08. The van der Waals surface area contributed by atoms with Gasteiger partial charge in [-0.1, -0.05) is 13.3 Å². The predicted octanol–water partition coefficient (Wildman–Crippen LogP) is 0.940. The largest absolute Gasteiger partial charge is 0.329 e. The smallest absolute Gasteiger partial charge is 0.188 e. The summed E-state index contributed by atoms with van der Waals surface area (Å²) in [5.41, 5.74) is 6.20. The van der Waals surface area contributed by atoms with E-state index in [4.69, 9.17) is 5.73 Å². The van der Waals surface area contributed by atoms with Crippen LogP contribution in [0.15, 0.2) is 0 Å². The minimum atomic E-state index is 0.116. The van der Waals surface area contributed by atoms with Gasteiger partial charge in [0.15, 0.2) is 5.82 Å². The number of likely N-dealkylation sites (N-methyl/N-ethyl adjacent to an activating group) is 1. The molecule has 2 rings (SSSR count). The summed E-state index contributed by atoms with van der Waals surface area (Å²) in [6.45, 7) is 3.72. The Morgan fingerprint density at radius 1 is 1.42 bits per heavy atom. The molecule has 0 aromatic carbocycles. The van der Waals surface area contributed by atoms with Crippen molar-refractivity contribution >= 4 is 0 Å². The Balaban J connectivity index is 2.00. The van der Waals surface area contributed by atoms with Gasteiger partial charge < -0.3 is 5.73 Å². The van der Waals surface area contributed by atoms with Gasteiger partial charge in [0.2, 0.25) is 0 Å². The van der Waals surface area contributed by atoms with Gasteiger partial charge in [-0.2, -0.15) is 4.80 Å². The summed E-state index contributed by atoms with van der Waals surface area (Å²) in [7, 11) is 3.93. The van der Waals surface area contributed by atoms with Crippen molar-refractivity contribution < 1.29 is 0 Å². The van der Waals surface area contributed by atoms with E-state index in [-0.39, 0.29) is 5.54 Å². The maximum Gasteiger partial charge on any atom is 0.188 e. The van der Waals surface area contributed by atoms with Crippen molar-refractivity contribution in [2.45, 2.75) is 51.1 Å². The van der Waals surface area contributed by atoms with E-state index in [0.29, 0.717) is 6.54 Å². The van der Waals surface area contributed by atoms with E-state index in [0.717, 1.165) is 18.3 Å². The lowest BCUT2D eigenvalue weighted by Gasteiger charge is -2.45. The van der Waals surface area contributed by atoms with Crippen LogP contribution in [0.4, 0.5) is 0 Å². The zero-order chi connectivity index (χ0) is 13.9. The van der Waals surface area contributed by atoms with Crippen LogP contribution in [0.3, 0.4) is 0 Å². The number of hydrogen-bond acceptors (Lipinski definition) is 5. The summed E-state index contributed by atoms with van der Waals surface area (Å²) in [5.74, 6) is 1.65. The van der Waals surface area contributed by atoms with Crippen LogP contribution in [0.2, 0.25) is 0 Å². The van der Waals surface area contributed by atoms with Gasteiger partial charge in [0.25, 0.3) is 0 Å². The Labute approximate surface area is 115 Å². The Bertz CT molecular complexity index is 394. The van der Waals surface area contributed by atoms with Gasteiger partial charge in [-0.05, 0) is 43.9 Å². The van der Waals surface area contributed by atoms with Crippen molar-refractivity contribution in [2.24, 2.45) is 18.7 Å². The van der Waals surface area contributed by atoms with Crippen molar-refractivity contribution in [2.75, 3.05) is 13.6 Å². The summed E-state index contributed by atoms with van der Waals surface area (Å²) < 4.78 is 0. The number of tetrazole rings is 1. The van der Waals surface area contributed by atoms with E-state index >= 15 is 0 Å². The molecule has 1 saturated carbocycles. The van der Waals surface area contributed by atoms with E-state index < -0.39 is 0 Å². The summed E-state index contributed by atoms with van der Waals surface area (Å²) in [6.07, 6.45) is 6.21. The third-order valence-corrected chi connectivity index (χ3v) is 4.73.